The van der Waals surface area contributed by atoms with Gasteiger partial charge in [-0.2, -0.15) is 0 Å². The lowest BCUT2D eigenvalue weighted by atomic mass is 9.97. The van der Waals surface area contributed by atoms with Gasteiger partial charge in [0.25, 0.3) is 0 Å². The number of rotatable bonds is 4. The second-order valence-electron chi connectivity index (χ2n) is 3.85. The van der Waals surface area contributed by atoms with E-state index in [0.717, 1.165) is 0 Å². The highest BCUT2D eigenvalue weighted by atomic mass is 16.6. The van der Waals surface area contributed by atoms with E-state index in [1.54, 1.807) is 7.05 Å². The Morgan fingerprint density at radius 3 is 2.47 bits per heavy atom. The van der Waals surface area contributed by atoms with Crippen molar-refractivity contribution in [3.05, 3.63) is 0 Å². The molecule has 0 saturated carbocycles. The number of carbonyl (C=O) groups excluding carboxylic acids is 1. The van der Waals surface area contributed by atoms with Crippen LogP contribution in [0.25, 0.3) is 0 Å². The lowest BCUT2D eigenvalue weighted by molar-refractivity contribution is -0.253. The Kier molecular flexibility index (Phi) is 5.25. The topological polar surface area (TPSA) is 131 Å². The summed E-state index contributed by atoms with van der Waals surface area (Å²) in [6.45, 7) is -0.526. The molecular formula is C9H18N2O6. The third kappa shape index (κ3) is 3.35. The van der Waals surface area contributed by atoms with Crippen LogP contribution >= 0.6 is 0 Å². The Morgan fingerprint density at radius 2 is 1.94 bits per heavy atom. The molecule has 0 aromatic carbocycles. The van der Waals surface area contributed by atoms with Crippen molar-refractivity contribution in [2.75, 3.05) is 20.2 Å². The van der Waals surface area contributed by atoms with E-state index in [-0.39, 0.29) is 6.54 Å². The summed E-state index contributed by atoms with van der Waals surface area (Å²) in [5.74, 6) is -0.450. The van der Waals surface area contributed by atoms with Crippen LogP contribution in [-0.2, 0) is 9.53 Å². The zero-order valence-electron chi connectivity index (χ0n) is 9.41. The summed E-state index contributed by atoms with van der Waals surface area (Å²) >= 11 is 0. The molecule has 1 aliphatic heterocycles. The van der Waals surface area contributed by atoms with Gasteiger partial charge in [-0.25, -0.2) is 0 Å². The predicted octanol–water partition coefficient (Wildman–Crippen LogP) is -3.88. The fraction of sp³-hybridized carbons (Fsp3) is 0.889. The normalized spacial score (nSPS) is 37.8. The SMILES string of the molecule is CNCC(=O)NC1C(O)OC(CO)C(O)C1O. The number of carbonyl (C=O) groups is 1. The largest absolute Gasteiger partial charge is 0.394 e. The lowest BCUT2D eigenvalue weighted by Crippen LogP contribution is -2.64. The van der Waals surface area contributed by atoms with Gasteiger partial charge < -0.3 is 35.8 Å². The molecule has 17 heavy (non-hydrogen) atoms. The summed E-state index contributed by atoms with van der Waals surface area (Å²) in [6.07, 6.45) is -5.33. The van der Waals surface area contributed by atoms with E-state index < -0.39 is 43.2 Å². The van der Waals surface area contributed by atoms with E-state index in [1.165, 1.54) is 0 Å². The molecule has 0 aromatic heterocycles. The summed E-state index contributed by atoms with van der Waals surface area (Å²) in [6, 6.07) is -1.13. The first kappa shape index (κ1) is 14.3. The van der Waals surface area contributed by atoms with Crippen LogP contribution in [0, 0.1) is 0 Å². The number of aliphatic hydroxyl groups is 4. The van der Waals surface area contributed by atoms with Crippen LogP contribution in [-0.4, -0.2) is 77.2 Å². The fourth-order valence-corrected chi connectivity index (χ4v) is 1.65. The molecule has 1 saturated heterocycles. The van der Waals surface area contributed by atoms with Crippen molar-refractivity contribution in [2.24, 2.45) is 0 Å². The van der Waals surface area contributed by atoms with Crippen LogP contribution in [0.2, 0.25) is 0 Å². The molecule has 8 nitrogen and oxygen atoms in total. The van der Waals surface area contributed by atoms with E-state index in [9.17, 15) is 20.1 Å². The van der Waals surface area contributed by atoms with Crippen LogP contribution in [0.4, 0.5) is 0 Å². The van der Waals surface area contributed by atoms with Crippen molar-refractivity contribution in [1.82, 2.24) is 10.6 Å². The highest BCUT2D eigenvalue weighted by Gasteiger charge is 2.44. The van der Waals surface area contributed by atoms with Gasteiger partial charge in [0.15, 0.2) is 6.29 Å². The van der Waals surface area contributed by atoms with Crippen molar-refractivity contribution < 1.29 is 30.0 Å². The summed E-state index contributed by atoms with van der Waals surface area (Å²) in [5, 5.41) is 42.6. The molecule has 0 radical (unpaired) electrons. The number of nitrogens with one attached hydrogen (secondary N) is 2. The number of hydrogen-bond acceptors (Lipinski definition) is 7. The van der Waals surface area contributed by atoms with Crippen molar-refractivity contribution in [3.8, 4) is 0 Å². The maximum Gasteiger partial charge on any atom is 0.234 e. The molecule has 0 bridgehead atoms. The molecule has 0 aliphatic carbocycles. The molecular weight excluding hydrogens is 232 g/mol. The second kappa shape index (κ2) is 6.24. The van der Waals surface area contributed by atoms with Gasteiger partial charge in [0.05, 0.1) is 13.2 Å². The number of amides is 1. The van der Waals surface area contributed by atoms with Crippen molar-refractivity contribution >= 4 is 5.91 Å². The lowest BCUT2D eigenvalue weighted by Gasteiger charge is -2.40. The Morgan fingerprint density at radius 1 is 1.29 bits per heavy atom. The summed E-state index contributed by atoms with van der Waals surface area (Å²) in [7, 11) is 1.57. The Bertz CT molecular complexity index is 264. The van der Waals surface area contributed by atoms with Gasteiger partial charge >= 0.3 is 0 Å². The quantitative estimate of drug-likeness (QED) is 0.301. The zero-order valence-corrected chi connectivity index (χ0v) is 9.41. The van der Waals surface area contributed by atoms with E-state index in [2.05, 4.69) is 10.6 Å². The average Bonchev–Trinajstić information content (AvgIpc) is 2.29. The molecule has 0 spiro atoms. The van der Waals surface area contributed by atoms with E-state index in [0.29, 0.717) is 0 Å². The van der Waals surface area contributed by atoms with E-state index in [4.69, 9.17) is 9.84 Å². The maximum atomic E-state index is 11.3. The number of ether oxygens (including phenoxy) is 1. The fourth-order valence-electron chi connectivity index (χ4n) is 1.65. The molecule has 1 heterocycles. The Balaban J connectivity index is 2.63. The van der Waals surface area contributed by atoms with Crippen molar-refractivity contribution in [3.63, 3.8) is 0 Å². The predicted molar refractivity (Wildman–Crippen MR) is 55.8 cm³/mol. The molecule has 1 fully saturated rings. The first-order valence-corrected chi connectivity index (χ1v) is 5.25. The minimum absolute atomic E-state index is 0.00939. The molecule has 6 N–H and O–H groups in total. The van der Waals surface area contributed by atoms with Gasteiger partial charge in [0.2, 0.25) is 5.91 Å². The number of hydrogen-bond donors (Lipinski definition) is 6. The molecule has 8 heteroatoms. The molecule has 1 rings (SSSR count). The maximum absolute atomic E-state index is 11.3. The summed E-state index contributed by atoms with van der Waals surface area (Å²) in [4.78, 5) is 11.3. The minimum atomic E-state index is -1.48. The number of likely N-dealkylation sites (N-methyl/N-ethyl adjacent to an activating group) is 1. The van der Waals surface area contributed by atoms with Crippen LogP contribution in [0.15, 0.2) is 0 Å². The van der Waals surface area contributed by atoms with Crippen LogP contribution in [0.5, 0.6) is 0 Å². The van der Waals surface area contributed by atoms with Crippen LogP contribution < -0.4 is 10.6 Å². The van der Waals surface area contributed by atoms with E-state index in [1.807, 2.05) is 0 Å². The first-order valence-electron chi connectivity index (χ1n) is 5.25. The smallest absolute Gasteiger partial charge is 0.234 e. The number of aliphatic hydroxyl groups excluding tert-OH is 4. The van der Waals surface area contributed by atoms with E-state index >= 15 is 0 Å². The summed E-state index contributed by atoms with van der Waals surface area (Å²) in [5.41, 5.74) is 0. The van der Waals surface area contributed by atoms with Gasteiger partial charge in [-0.1, -0.05) is 0 Å². The second-order valence-corrected chi connectivity index (χ2v) is 3.85. The van der Waals surface area contributed by atoms with Crippen molar-refractivity contribution in [1.29, 1.82) is 0 Å². The van der Waals surface area contributed by atoms with Gasteiger partial charge in [-0.3, -0.25) is 4.79 Å². The molecule has 0 aromatic rings. The third-order valence-corrected chi connectivity index (χ3v) is 2.57. The first-order chi connectivity index (χ1) is 8.01. The zero-order chi connectivity index (χ0) is 13.0. The van der Waals surface area contributed by atoms with Gasteiger partial charge in [-0.05, 0) is 7.05 Å². The molecule has 5 unspecified atom stereocenters. The Labute approximate surface area is 98.2 Å². The Hall–Kier alpha value is -0.770. The van der Waals surface area contributed by atoms with Gasteiger partial charge in [0.1, 0.15) is 24.4 Å². The van der Waals surface area contributed by atoms with Gasteiger partial charge in [0, 0.05) is 0 Å². The van der Waals surface area contributed by atoms with Crippen LogP contribution in [0.3, 0.4) is 0 Å². The van der Waals surface area contributed by atoms with Crippen LogP contribution in [0.1, 0.15) is 0 Å². The van der Waals surface area contributed by atoms with Crippen molar-refractivity contribution in [2.45, 2.75) is 30.6 Å². The third-order valence-electron chi connectivity index (χ3n) is 2.57. The molecule has 1 aliphatic rings. The molecule has 1 amide bonds. The minimum Gasteiger partial charge on any atom is -0.394 e. The highest BCUT2D eigenvalue weighted by Crippen LogP contribution is 2.19. The standard InChI is InChI=1S/C9H18N2O6/c1-10-2-5(13)11-6-8(15)7(14)4(3-12)17-9(6)16/h4,6-10,12,14-16H,2-3H2,1H3,(H,11,13). The average molecular weight is 250 g/mol. The monoisotopic (exact) mass is 250 g/mol. The molecule has 100 valence electrons. The van der Waals surface area contributed by atoms with Gasteiger partial charge in [-0.15, -0.1) is 0 Å². The highest BCUT2D eigenvalue weighted by molar-refractivity contribution is 5.78. The molecule has 5 atom stereocenters. The summed E-state index contributed by atoms with van der Waals surface area (Å²) < 4.78 is 4.87.